The van der Waals surface area contributed by atoms with Crippen molar-refractivity contribution in [3.05, 3.63) is 65.4 Å². The highest BCUT2D eigenvalue weighted by molar-refractivity contribution is 5.99. The van der Waals surface area contributed by atoms with E-state index in [9.17, 15) is 9.18 Å². The summed E-state index contributed by atoms with van der Waals surface area (Å²) in [5.41, 5.74) is 3.86. The van der Waals surface area contributed by atoms with E-state index < -0.39 is 0 Å². The lowest BCUT2D eigenvalue weighted by Gasteiger charge is -2.08. The van der Waals surface area contributed by atoms with E-state index in [1.54, 1.807) is 12.1 Å². The molecule has 1 amide bonds. The third kappa shape index (κ3) is 3.01. The summed E-state index contributed by atoms with van der Waals surface area (Å²) < 4.78 is 15.1. The Bertz CT molecular complexity index is 833. The molecule has 3 rings (SSSR count). The molecular weight excluding hydrogens is 295 g/mol. The van der Waals surface area contributed by atoms with Crippen LogP contribution >= 0.6 is 0 Å². The fraction of sp³-hybridized carbons (Fsp3) is 0.176. The monoisotopic (exact) mass is 312 g/mol. The van der Waals surface area contributed by atoms with Crippen molar-refractivity contribution in [3.8, 4) is 11.3 Å². The number of aromatic amines is 1. The van der Waals surface area contributed by atoms with Gasteiger partial charge < -0.3 is 9.88 Å². The van der Waals surface area contributed by atoms with Gasteiger partial charge in [-0.1, -0.05) is 0 Å². The van der Waals surface area contributed by atoms with Gasteiger partial charge >= 0.3 is 0 Å². The van der Waals surface area contributed by atoms with Crippen molar-refractivity contribution < 1.29 is 9.18 Å². The molecule has 0 aliphatic rings. The van der Waals surface area contributed by atoms with E-state index in [-0.39, 0.29) is 11.7 Å². The number of benzene rings is 1. The summed E-state index contributed by atoms with van der Waals surface area (Å²) in [7, 11) is 1.96. The number of H-pyrrole nitrogens is 1. The van der Waals surface area contributed by atoms with Crippen LogP contribution in [0.3, 0.4) is 0 Å². The number of rotatable bonds is 4. The lowest BCUT2D eigenvalue weighted by Crippen LogP contribution is -2.24. The number of hydrogen-bond acceptors (Lipinski definition) is 2. The minimum Gasteiger partial charge on any atom is -0.350 e. The number of nitrogens with one attached hydrogen (secondary N) is 2. The van der Waals surface area contributed by atoms with Crippen molar-refractivity contribution in [1.29, 1.82) is 0 Å². The molecule has 0 fully saturated rings. The molecule has 0 unspecified atom stereocenters. The van der Waals surface area contributed by atoms with Gasteiger partial charge in [-0.25, -0.2) is 4.39 Å². The van der Waals surface area contributed by atoms with Gasteiger partial charge in [0.05, 0.1) is 24.0 Å². The van der Waals surface area contributed by atoms with Crippen LogP contribution in [0.5, 0.6) is 0 Å². The number of aryl methyl sites for hydroxylation is 1. The molecule has 3 aromatic rings. The average Bonchev–Trinajstić information content (AvgIpc) is 3.15. The second-order valence-corrected chi connectivity index (χ2v) is 5.37. The maximum atomic E-state index is 13.0. The maximum Gasteiger partial charge on any atom is 0.255 e. The van der Waals surface area contributed by atoms with Crippen LogP contribution in [0.15, 0.2) is 42.6 Å². The first-order valence-corrected chi connectivity index (χ1v) is 7.25. The molecule has 2 N–H and O–H groups in total. The van der Waals surface area contributed by atoms with Crippen LogP contribution < -0.4 is 5.32 Å². The fourth-order valence-corrected chi connectivity index (χ4v) is 2.41. The summed E-state index contributed by atoms with van der Waals surface area (Å²) in [5.74, 6) is -0.546. The molecule has 0 saturated carbocycles. The third-order valence-electron chi connectivity index (χ3n) is 3.92. The fourth-order valence-electron chi connectivity index (χ4n) is 2.41. The first-order chi connectivity index (χ1) is 11.1. The van der Waals surface area contributed by atoms with Crippen molar-refractivity contribution in [2.45, 2.75) is 13.5 Å². The minimum absolute atomic E-state index is 0.225. The molecule has 1 aromatic carbocycles. The number of nitrogens with zero attached hydrogens (tertiary/aromatic N) is 2. The highest BCUT2D eigenvalue weighted by atomic mass is 19.1. The minimum atomic E-state index is -0.321. The van der Waals surface area contributed by atoms with Crippen LogP contribution in [0.1, 0.15) is 21.7 Å². The molecule has 2 aromatic heterocycles. The van der Waals surface area contributed by atoms with Crippen molar-refractivity contribution in [2.24, 2.45) is 7.05 Å². The summed E-state index contributed by atoms with van der Waals surface area (Å²) in [6, 6.07) is 9.91. The van der Waals surface area contributed by atoms with Gasteiger partial charge in [-0.15, -0.1) is 0 Å². The Kier molecular flexibility index (Phi) is 3.97. The molecule has 0 radical (unpaired) electrons. The molecule has 0 atom stereocenters. The van der Waals surface area contributed by atoms with Gasteiger partial charge in [-0.2, -0.15) is 5.10 Å². The normalized spacial score (nSPS) is 10.7. The zero-order chi connectivity index (χ0) is 16.4. The number of halogens is 1. The van der Waals surface area contributed by atoms with Crippen LogP contribution in [-0.4, -0.2) is 20.7 Å². The van der Waals surface area contributed by atoms with Gasteiger partial charge in [0.25, 0.3) is 5.91 Å². The quantitative estimate of drug-likeness (QED) is 0.778. The Balaban J connectivity index is 1.77. The van der Waals surface area contributed by atoms with E-state index in [4.69, 9.17) is 0 Å². The Morgan fingerprint density at radius 1 is 1.26 bits per heavy atom. The topological polar surface area (TPSA) is 62.7 Å². The molecular formula is C17H17FN4O. The van der Waals surface area contributed by atoms with Gasteiger partial charge in [-0.05, 0) is 43.3 Å². The summed E-state index contributed by atoms with van der Waals surface area (Å²) in [6.45, 7) is 2.44. The first-order valence-electron chi connectivity index (χ1n) is 7.25. The Labute approximate surface area is 133 Å². The van der Waals surface area contributed by atoms with Gasteiger partial charge in [0, 0.05) is 24.0 Å². The molecule has 0 saturated heterocycles. The highest BCUT2D eigenvalue weighted by Gasteiger charge is 2.15. The van der Waals surface area contributed by atoms with Crippen LogP contribution in [0.4, 0.5) is 4.39 Å². The van der Waals surface area contributed by atoms with E-state index in [0.717, 1.165) is 11.4 Å². The standard InChI is InChI=1S/C17H17FN4O/c1-11-3-8-14(22(11)2)9-19-17(23)15-10-20-21-16(15)12-4-6-13(18)7-5-12/h3-8,10H,9H2,1-2H3,(H,19,23)(H,20,21). The molecule has 0 spiro atoms. The van der Waals surface area contributed by atoms with Gasteiger partial charge in [0.15, 0.2) is 0 Å². The van der Waals surface area contributed by atoms with Crippen molar-refractivity contribution in [2.75, 3.05) is 0 Å². The highest BCUT2D eigenvalue weighted by Crippen LogP contribution is 2.21. The molecule has 5 nitrogen and oxygen atoms in total. The van der Waals surface area contributed by atoms with Gasteiger partial charge in [0.2, 0.25) is 0 Å². The number of carbonyl (C=O) groups is 1. The van der Waals surface area contributed by atoms with Gasteiger partial charge in [-0.3, -0.25) is 9.89 Å². The molecule has 0 bridgehead atoms. The molecule has 2 heterocycles. The predicted octanol–water partition coefficient (Wildman–Crippen LogP) is 2.79. The SMILES string of the molecule is Cc1ccc(CNC(=O)c2cn[nH]c2-c2ccc(F)cc2)n1C. The summed E-state index contributed by atoms with van der Waals surface area (Å²) >= 11 is 0. The second kappa shape index (κ2) is 6.08. The predicted molar refractivity (Wildman–Crippen MR) is 85.3 cm³/mol. The van der Waals surface area contributed by atoms with Crippen LogP contribution in [-0.2, 0) is 13.6 Å². The maximum absolute atomic E-state index is 13.0. The first kappa shape index (κ1) is 15.0. The summed E-state index contributed by atoms with van der Waals surface area (Å²) in [6.07, 6.45) is 1.48. The number of aromatic nitrogens is 3. The third-order valence-corrected chi connectivity index (χ3v) is 3.92. The summed E-state index contributed by atoms with van der Waals surface area (Å²) in [5, 5.41) is 9.61. The molecule has 0 aliphatic carbocycles. The second-order valence-electron chi connectivity index (χ2n) is 5.37. The van der Waals surface area contributed by atoms with Crippen molar-refractivity contribution in [1.82, 2.24) is 20.1 Å². The van der Waals surface area contributed by atoms with Crippen LogP contribution in [0.2, 0.25) is 0 Å². The smallest absolute Gasteiger partial charge is 0.255 e. The Morgan fingerprint density at radius 3 is 2.65 bits per heavy atom. The van der Waals surface area contributed by atoms with E-state index in [0.29, 0.717) is 23.4 Å². The molecule has 6 heteroatoms. The van der Waals surface area contributed by atoms with Crippen LogP contribution in [0.25, 0.3) is 11.3 Å². The lowest BCUT2D eigenvalue weighted by atomic mass is 10.1. The van der Waals surface area contributed by atoms with E-state index in [1.807, 2.05) is 30.7 Å². The zero-order valence-corrected chi connectivity index (χ0v) is 12.9. The molecule has 23 heavy (non-hydrogen) atoms. The number of hydrogen-bond donors (Lipinski definition) is 2. The van der Waals surface area contributed by atoms with Crippen molar-refractivity contribution in [3.63, 3.8) is 0 Å². The average molecular weight is 312 g/mol. The molecule has 0 aliphatic heterocycles. The molecule has 118 valence electrons. The summed E-state index contributed by atoms with van der Waals surface area (Å²) in [4.78, 5) is 12.4. The van der Waals surface area contributed by atoms with E-state index >= 15 is 0 Å². The van der Waals surface area contributed by atoms with E-state index in [2.05, 4.69) is 15.5 Å². The largest absolute Gasteiger partial charge is 0.350 e. The van der Waals surface area contributed by atoms with E-state index in [1.165, 1.54) is 18.3 Å². The Hall–Kier alpha value is -2.89. The number of carbonyl (C=O) groups excluding carboxylic acids is 1. The Morgan fingerprint density at radius 2 is 2.00 bits per heavy atom. The number of amides is 1. The van der Waals surface area contributed by atoms with Crippen LogP contribution in [0, 0.1) is 12.7 Å². The lowest BCUT2D eigenvalue weighted by molar-refractivity contribution is 0.0951. The zero-order valence-electron chi connectivity index (χ0n) is 12.9. The van der Waals surface area contributed by atoms with Gasteiger partial charge in [0.1, 0.15) is 5.82 Å². The van der Waals surface area contributed by atoms with Crippen molar-refractivity contribution >= 4 is 5.91 Å².